The van der Waals surface area contributed by atoms with Crippen LogP contribution in [0.1, 0.15) is 28.8 Å². The fourth-order valence-corrected chi connectivity index (χ4v) is 2.61. The molecule has 1 aromatic rings. The third kappa shape index (κ3) is 5.78. The molecule has 0 unspecified atom stereocenters. The van der Waals surface area contributed by atoms with E-state index in [4.69, 9.17) is 18.9 Å². The molecule has 1 aromatic carbocycles. The number of rotatable bonds is 9. The summed E-state index contributed by atoms with van der Waals surface area (Å²) < 4.78 is 21.1. The Kier molecular flexibility index (Phi) is 8.01. The lowest BCUT2D eigenvalue weighted by molar-refractivity contribution is 0.0341. The second kappa shape index (κ2) is 10.3. The number of esters is 1. The Balaban J connectivity index is 2.01. The van der Waals surface area contributed by atoms with E-state index >= 15 is 0 Å². The van der Waals surface area contributed by atoms with Crippen LogP contribution in [0.5, 0.6) is 5.75 Å². The van der Waals surface area contributed by atoms with Gasteiger partial charge in [0.2, 0.25) is 0 Å². The average Bonchev–Trinajstić information content (AvgIpc) is 2.62. The van der Waals surface area contributed by atoms with Crippen molar-refractivity contribution in [3.05, 3.63) is 29.3 Å². The maximum Gasteiger partial charge on any atom is 0.341 e. The highest BCUT2D eigenvalue weighted by atomic mass is 16.5. The van der Waals surface area contributed by atoms with Crippen molar-refractivity contribution < 1.29 is 23.7 Å². The largest absolute Gasteiger partial charge is 0.493 e. The Bertz CT molecular complexity index is 514. The number of hydrogen-bond acceptors (Lipinski definition) is 6. The van der Waals surface area contributed by atoms with E-state index in [1.165, 1.54) is 7.11 Å². The molecule has 0 bridgehead atoms. The molecular formula is C18H27NO5. The molecule has 0 N–H and O–H groups in total. The summed E-state index contributed by atoms with van der Waals surface area (Å²) in [6.45, 7) is 5.47. The quantitative estimate of drug-likeness (QED) is 0.508. The molecule has 1 heterocycles. The van der Waals surface area contributed by atoms with E-state index in [1.807, 2.05) is 12.1 Å². The predicted molar refractivity (Wildman–Crippen MR) is 90.5 cm³/mol. The van der Waals surface area contributed by atoms with Gasteiger partial charge in [-0.2, -0.15) is 0 Å². The van der Waals surface area contributed by atoms with Gasteiger partial charge in [0.1, 0.15) is 11.3 Å². The molecule has 24 heavy (non-hydrogen) atoms. The molecule has 0 spiro atoms. The lowest BCUT2D eigenvalue weighted by Crippen LogP contribution is -2.35. The van der Waals surface area contributed by atoms with E-state index in [0.29, 0.717) is 24.5 Å². The van der Waals surface area contributed by atoms with E-state index in [1.54, 1.807) is 13.2 Å². The van der Waals surface area contributed by atoms with Gasteiger partial charge in [-0.05, 0) is 30.5 Å². The highest BCUT2D eigenvalue weighted by Crippen LogP contribution is 2.23. The predicted octanol–water partition coefficient (Wildman–Crippen LogP) is 2.11. The minimum Gasteiger partial charge on any atom is -0.493 e. The average molecular weight is 337 g/mol. The summed E-state index contributed by atoms with van der Waals surface area (Å²) >= 11 is 0. The maximum atomic E-state index is 11.9. The number of benzene rings is 1. The molecule has 0 saturated carbocycles. The van der Waals surface area contributed by atoms with Gasteiger partial charge in [-0.15, -0.1) is 0 Å². The first-order valence-corrected chi connectivity index (χ1v) is 8.37. The molecule has 0 aromatic heterocycles. The van der Waals surface area contributed by atoms with Crippen LogP contribution < -0.4 is 4.74 Å². The van der Waals surface area contributed by atoms with Crippen LogP contribution in [-0.4, -0.2) is 64.6 Å². The number of hydrogen-bond donors (Lipinski definition) is 0. The van der Waals surface area contributed by atoms with Gasteiger partial charge < -0.3 is 18.9 Å². The highest BCUT2D eigenvalue weighted by Gasteiger charge is 2.16. The van der Waals surface area contributed by atoms with Crippen LogP contribution in [-0.2, 0) is 20.8 Å². The Morgan fingerprint density at radius 1 is 1.17 bits per heavy atom. The van der Waals surface area contributed by atoms with Gasteiger partial charge in [-0.25, -0.2) is 4.79 Å². The van der Waals surface area contributed by atoms with Gasteiger partial charge in [0.25, 0.3) is 0 Å². The van der Waals surface area contributed by atoms with Crippen LogP contribution in [0.4, 0.5) is 0 Å². The minimum atomic E-state index is -0.375. The summed E-state index contributed by atoms with van der Waals surface area (Å²) in [5, 5.41) is 0. The second-order valence-electron chi connectivity index (χ2n) is 5.76. The zero-order chi connectivity index (χ0) is 17.2. The fraction of sp³-hybridized carbons (Fsp3) is 0.611. The van der Waals surface area contributed by atoms with Crippen molar-refractivity contribution in [2.45, 2.75) is 19.4 Å². The Labute approximate surface area is 143 Å². The van der Waals surface area contributed by atoms with Crippen molar-refractivity contribution in [2.75, 3.05) is 53.7 Å². The summed E-state index contributed by atoms with van der Waals surface area (Å²) in [5.74, 6) is 0.213. The molecular weight excluding hydrogens is 310 g/mol. The van der Waals surface area contributed by atoms with Crippen LogP contribution in [0, 0.1) is 0 Å². The standard InChI is InChI=1S/C18H27NO5/c1-21-9-3-4-10-24-17-13-15(5-6-16(17)18(20)22-2)14-19-7-11-23-12-8-19/h5-6,13H,3-4,7-12,14H2,1-2H3. The number of methoxy groups -OCH3 is 2. The number of carbonyl (C=O) groups is 1. The number of carbonyl (C=O) groups excluding carboxylic acids is 1. The van der Waals surface area contributed by atoms with Crippen LogP contribution in [0.2, 0.25) is 0 Å². The first kappa shape index (κ1) is 18.7. The van der Waals surface area contributed by atoms with Crippen LogP contribution >= 0.6 is 0 Å². The van der Waals surface area contributed by atoms with Crippen molar-refractivity contribution in [1.29, 1.82) is 0 Å². The smallest absolute Gasteiger partial charge is 0.341 e. The van der Waals surface area contributed by atoms with Crippen LogP contribution in [0.3, 0.4) is 0 Å². The third-order valence-corrected chi connectivity index (χ3v) is 3.96. The SMILES string of the molecule is COCCCCOc1cc(CN2CCOCC2)ccc1C(=O)OC. The molecule has 1 aliphatic rings. The van der Waals surface area contributed by atoms with Crippen molar-refractivity contribution in [1.82, 2.24) is 4.90 Å². The number of nitrogens with zero attached hydrogens (tertiary/aromatic N) is 1. The highest BCUT2D eigenvalue weighted by molar-refractivity contribution is 5.92. The summed E-state index contributed by atoms with van der Waals surface area (Å²) in [6.07, 6.45) is 1.81. The molecule has 1 saturated heterocycles. The maximum absolute atomic E-state index is 11.9. The van der Waals surface area contributed by atoms with E-state index in [0.717, 1.165) is 51.3 Å². The van der Waals surface area contributed by atoms with Crippen LogP contribution in [0.25, 0.3) is 0 Å². The monoisotopic (exact) mass is 337 g/mol. The first-order chi connectivity index (χ1) is 11.7. The lowest BCUT2D eigenvalue weighted by atomic mass is 10.1. The first-order valence-electron chi connectivity index (χ1n) is 8.37. The molecule has 1 aliphatic heterocycles. The molecule has 0 radical (unpaired) electrons. The summed E-state index contributed by atoms with van der Waals surface area (Å²) in [5.41, 5.74) is 1.59. The van der Waals surface area contributed by atoms with Gasteiger partial charge >= 0.3 is 5.97 Å². The van der Waals surface area contributed by atoms with Crippen molar-refractivity contribution in [3.63, 3.8) is 0 Å². The molecule has 0 atom stereocenters. The molecule has 1 fully saturated rings. The molecule has 0 amide bonds. The zero-order valence-corrected chi connectivity index (χ0v) is 14.6. The molecule has 6 heteroatoms. The molecule has 134 valence electrons. The lowest BCUT2D eigenvalue weighted by Gasteiger charge is -2.26. The fourth-order valence-electron chi connectivity index (χ4n) is 2.61. The number of unbranched alkanes of at least 4 members (excludes halogenated alkanes) is 1. The third-order valence-electron chi connectivity index (χ3n) is 3.96. The van der Waals surface area contributed by atoms with Gasteiger partial charge in [0.15, 0.2) is 0 Å². The van der Waals surface area contributed by atoms with Crippen molar-refractivity contribution in [2.24, 2.45) is 0 Å². The van der Waals surface area contributed by atoms with Gasteiger partial charge in [0, 0.05) is 33.4 Å². The van der Waals surface area contributed by atoms with Gasteiger partial charge in [-0.3, -0.25) is 4.90 Å². The molecule has 0 aliphatic carbocycles. The Morgan fingerprint density at radius 3 is 2.62 bits per heavy atom. The normalized spacial score (nSPS) is 15.2. The summed E-state index contributed by atoms with van der Waals surface area (Å²) in [7, 11) is 3.07. The van der Waals surface area contributed by atoms with Crippen molar-refractivity contribution in [3.8, 4) is 5.75 Å². The number of ether oxygens (including phenoxy) is 4. The van der Waals surface area contributed by atoms with Gasteiger partial charge in [0.05, 0.1) is 26.9 Å². The Morgan fingerprint density at radius 2 is 1.92 bits per heavy atom. The minimum absolute atomic E-state index is 0.375. The topological polar surface area (TPSA) is 57.2 Å². The van der Waals surface area contributed by atoms with E-state index in [2.05, 4.69) is 4.90 Å². The van der Waals surface area contributed by atoms with E-state index in [9.17, 15) is 4.79 Å². The summed E-state index contributed by atoms with van der Waals surface area (Å²) in [6, 6.07) is 5.68. The van der Waals surface area contributed by atoms with Gasteiger partial charge in [-0.1, -0.05) is 6.07 Å². The zero-order valence-electron chi connectivity index (χ0n) is 14.6. The molecule has 6 nitrogen and oxygen atoms in total. The summed E-state index contributed by atoms with van der Waals surface area (Å²) in [4.78, 5) is 14.3. The Hall–Kier alpha value is -1.63. The molecule has 2 rings (SSSR count). The number of morpholine rings is 1. The van der Waals surface area contributed by atoms with Crippen molar-refractivity contribution >= 4 is 5.97 Å². The van der Waals surface area contributed by atoms with E-state index < -0.39 is 0 Å². The van der Waals surface area contributed by atoms with Crippen LogP contribution in [0.15, 0.2) is 18.2 Å². The van der Waals surface area contributed by atoms with E-state index in [-0.39, 0.29) is 5.97 Å². The second-order valence-corrected chi connectivity index (χ2v) is 5.76.